The number of nitro groups is 1. The molecule has 0 bridgehead atoms. The Morgan fingerprint density at radius 1 is 1.18 bits per heavy atom. The zero-order valence-electron chi connectivity index (χ0n) is 11.2. The number of hydrogen-bond donors (Lipinski definition) is 1. The lowest BCUT2D eigenvalue weighted by atomic mass is 10.2. The Morgan fingerprint density at radius 2 is 1.91 bits per heavy atom. The summed E-state index contributed by atoms with van der Waals surface area (Å²) in [5, 5.41) is 20.0. The lowest BCUT2D eigenvalue weighted by Crippen LogP contribution is -2.05. The van der Waals surface area contributed by atoms with Crippen molar-refractivity contribution in [1.29, 1.82) is 0 Å². The number of nitrogens with zero attached hydrogens (tertiary/aromatic N) is 2. The first-order valence-corrected chi connectivity index (χ1v) is 7.13. The highest BCUT2D eigenvalue weighted by molar-refractivity contribution is 7.16. The van der Waals surface area contributed by atoms with Gasteiger partial charge in [-0.1, -0.05) is 23.5 Å². The van der Waals surface area contributed by atoms with E-state index in [1.54, 1.807) is 42.6 Å². The number of hydrogen-bond acceptors (Lipinski definition) is 5. The van der Waals surface area contributed by atoms with Gasteiger partial charge in [0.1, 0.15) is 5.75 Å². The van der Waals surface area contributed by atoms with Crippen molar-refractivity contribution in [1.82, 2.24) is 4.57 Å². The maximum absolute atomic E-state index is 12.0. The molecule has 0 amide bonds. The number of rotatable bonds is 3. The minimum atomic E-state index is -0.486. The summed E-state index contributed by atoms with van der Waals surface area (Å²) in [6.07, 6.45) is 3.34. The van der Waals surface area contributed by atoms with E-state index in [2.05, 4.69) is 0 Å². The van der Waals surface area contributed by atoms with Crippen LogP contribution < -0.4 is 4.87 Å². The maximum Gasteiger partial charge on any atom is 0.312 e. The minimum absolute atomic E-state index is 0.0385. The average Bonchev–Trinajstić information content (AvgIpc) is 2.81. The minimum Gasteiger partial charge on any atom is -0.508 e. The highest BCUT2D eigenvalue weighted by atomic mass is 32.1. The van der Waals surface area contributed by atoms with Crippen LogP contribution in [0.5, 0.6) is 5.75 Å². The molecule has 0 radical (unpaired) electrons. The second-order valence-corrected chi connectivity index (χ2v) is 5.55. The third-order valence-corrected chi connectivity index (χ3v) is 4.04. The second-order valence-electron chi connectivity index (χ2n) is 4.55. The Morgan fingerprint density at radius 3 is 2.59 bits per heavy atom. The van der Waals surface area contributed by atoms with Gasteiger partial charge in [-0.3, -0.25) is 19.5 Å². The average molecular weight is 314 g/mol. The number of phenols is 1. The lowest BCUT2D eigenvalue weighted by molar-refractivity contribution is -0.384. The summed E-state index contributed by atoms with van der Waals surface area (Å²) in [6, 6.07) is 10.9. The molecule has 0 aliphatic heterocycles. The molecule has 2 aromatic carbocycles. The number of benzene rings is 2. The molecular weight excluding hydrogens is 304 g/mol. The maximum atomic E-state index is 12.0. The Balaban J connectivity index is 2.03. The van der Waals surface area contributed by atoms with Gasteiger partial charge in [0, 0.05) is 18.3 Å². The molecular formula is C15H10N2O4S. The summed E-state index contributed by atoms with van der Waals surface area (Å²) >= 11 is 0.960. The van der Waals surface area contributed by atoms with Crippen LogP contribution in [0.3, 0.4) is 0 Å². The van der Waals surface area contributed by atoms with E-state index < -0.39 is 4.92 Å². The van der Waals surface area contributed by atoms with E-state index in [1.165, 1.54) is 16.7 Å². The number of aromatic hydroxyl groups is 1. The summed E-state index contributed by atoms with van der Waals surface area (Å²) in [4.78, 5) is 22.1. The third-order valence-electron chi connectivity index (χ3n) is 3.12. The zero-order valence-corrected chi connectivity index (χ0v) is 12.0. The van der Waals surface area contributed by atoms with Crippen molar-refractivity contribution < 1.29 is 10.0 Å². The van der Waals surface area contributed by atoms with Crippen molar-refractivity contribution in [3.05, 3.63) is 67.8 Å². The topological polar surface area (TPSA) is 85.4 Å². The van der Waals surface area contributed by atoms with Crippen LogP contribution in [-0.4, -0.2) is 14.6 Å². The van der Waals surface area contributed by atoms with Crippen molar-refractivity contribution >= 4 is 39.5 Å². The Bertz CT molecular complexity index is 938. The first kappa shape index (κ1) is 14.0. The molecule has 7 heteroatoms. The van der Waals surface area contributed by atoms with E-state index >= 15 is 0 Å². The highest BCUT2D eigenvalue weighted by Crippen LogP contribution is 2.23. The fourth-order valence-corrected chi connectivity index (χ4v) is 2.92. The van der Waals surface area contributed by atoms with Crippen molar-refractivity contribution in [2.75, 3.05) is 0 Å². The van der Waals surface area contributed by atoms with Gasteiger partial charge in [0.05, 0.1) is 15.1 Å². The molecule has 0 atom stereocenters. The summed E-state index contributed by atoms with van der Waals surface area (Å²) in [5.74, 6) is 0.169. The molecule has 0 spiro atoms. The highest BCUT2D eigenvalue weighted by Gasteiger charge is 2.11. The first-order valence-electron chi connectivity index (χ1n) is 6.31. The Kier molecular flexibility index (Phi) is 3.48. The van der Waals surface area contributed by atoms with Crippen molar-refractivity contribution in [2.45, 2.75) is 0 Å². The van der Waals surface area contributed by atoms with Crippen molar-refractivity contribution in [3.63, 3.8) is 0 Å². The van der Waals surface area contributed by atoms with Crippen LogP contribution in [0, 0.1) is 10.1 Å². The second kappa shape index (κ2) is 5.45. The van der Waals surface area contributed by atoms with Gasteiger partial charge in [-0.25, -0.2) is 0 Å². The Hall–Kier alpha value is -2.93. The fourth-order valence-electron chi connectivity index (χ4n) is 2.03. The molecule has 0 aliphatic carbocycles. The van der Waals surface area contributed by atoms with Crippen LogP contribution in [-0.2, 0) is 0 Å². The molecule has 1 N–H and O–H groups in total. The zero-order chi connectivity index (χ0) is 15.7. The van der Waals surface area contributed by atoms with Crippen LogP contribution in [0.15, 0.2) is 47.3 Å². The normalized spacial score (nSPS) is 11.3. The number of nitro benzene ring substituents is 1. The molecule has 110 valence electrons. The largest absolute Gasteiger partial charge is 0.508 e. The van der Waals surface area contributed by atoms with Crippen LogP contribution >= 0.6 is 11.3 Å². The molecule has 0 saturated carbocycles. The molecule has 0 saturated heterocycles. The molecule has 1 heterocycles. The standard InChI is InChI=1S/C15H10N2O4S/c18-12-4-1-10(2-5-12)7-8-16-13-6-3-11(17(20)21)9-14(13)22-15(16)19/h1-9,18H/b8-7+. The molecule has 0 unspecified atom stereocenters. The van der Waals surface area contributed by atoms with Crippen molar-refractivity contribution in [3.8, 4) is 5.75 Å². The first-order chi connectivity index (χ1) is 10.5. The number of aromatic nitrogens is 1. The van der Waals surface area contributed by atoms with Gasteiger partial charge < -0.3 is 5.11 Å². The SMILES string of the molecule is O=c1sc2cc([N+](=O)[O-])ccc2n1/C=C/c1ccc(O)cc1. The predicted octanol–water partition coefficient (Wildman–Crippen LogP) is 3.30. The fraction of sp³-hybridized carbons (Fsp3) is 0. The Labute approximate surface area is 128 Å². The van der Waals surface area contributed by atoms with Crippen LogP contribution in [0.4, 0.5) is 5.69 Å². The van der Waals surface area contributed by atoms with Gasteiger partial charge in [0.2, 0.25) is 0 Å². The molecule has 0 aliphatic rings. The summed E-state index contributed by atoms with van der Waals surface area (Å²) in [7, 11) is 0. The number of non-ortho nitro benzene ring substituents is 1. The summed E-state index contributed by atoms with van der Waals surface area (Å²) in [5.41, 5.74) is 1.41. The van der Waals surface area contributed by atoms with Crippen LogP contribution in [0.25, 0.3) is 22.5 Å². The van der Waals surface area contributed by atoms with Gasteiger partial charge in [-0.15, -0.1) is 0 Å². The van der Waals surface area contributed by atoms with Gasteiger partial charge in [-0.2, -0.15) is 0 Å². The number of fused-ring (bicyclic) bond motifs is 1. The van der Waals surface area contributed by atoms with Crippen LogP contribution in [0.2, 0.25) is 0 Å². The predicted molar refractivity (Wildman–Crippen MR) is 86.1 cm³/mol. The van der Waals surface area contributed by atoms with Gasteiger partial charge in [0.15, 0.2) is 0 Å². The molecule has 22 heavy (non-hydrogen) atoms. The van der Waals surface area contributed by atoms with E-state index in [0.717, 1.165) is 16.9 Å². The van der Waals surface area contributed by atoms with Gasteiger partial charge in [0.25, 0.3) is 5.69 Å². The molecule has 3 aromatic rings. The number of phenolic OH excluding ortho intramolecular Hbond substituents is 1. The van der Waals surface area contributed by atoms with Crippen molar-refractivity contribution in [2.24, 2.45) is 0 Å². The van der Waals surface area contributed by atoms with E-state index in [1.807, 2.05) is 0 Å². The molecule has 0 fully saturated rings. The monoisotopic (exact) mass is 314 g/mol. The van der Waals surface area contributed by atoms with E-state index in [0.29, 0.717) is 10.2 Å². The summed E-state index contributed by atoms with van der Waals surface area (Å²) < 4.78 is 2.01. The van der Waals surface area contributed by atoms with E-state index in [-0.39, 0.29) is 16.3 Å². The number of thiazole rings is 1. The lowest BCUT2D eigenvalue weighted by Gasteiger charge is -1.97. The molecule has 6 nitrogen and oxygen atoms in total. The van der Waals surface area contributed by atoms with Gasteiger partial charge >= 0.3 is 4.87 Å². The smallest absolute Gasteiger partial charge is 0.312 e. The van der Waals surface area contributed by atoms with E-state index in [4.69, 9.17) is 0 Å². The third kappa shape index (κ3) is 2.61. The quantitative estimate of drug-likeness (QED) is 0.593. The van der Waals surface area contributed by atoms with Crippen LogP contribution in [0.1, 0.15) is 5.56 Å². The van der Waals surface area contributed by atoms with E-state index in [9.17, 15) is 20.0 Å². The van der Waals surface area contributed by atoms with Gasteiger partial charge in [-0.05, 0) is 29.8 Å². The molecule has 3 rings (SSSR count). The summed E-state index contributed by atoms with van der Waals surface area (Å²) in [6.45, 7) is 0. The molecule has 1 aromatic heterocycles.